The largest absolute Gasteiger partial charge is 0.340 e. The molecule has 20 heavy (non-hydrogen) atoms. The summed E-state index contributed by atoms with van der Waals surface area (Å²) in [6.45, 7) is 4.47. The van der Waals surface area contributed by atoms with E-state index >= 15 is 0 Å². The van der Waals surface area contributed by atoms with Crippen LogP contribution in [0.4, 0.5) is 0 Å². The highest BCUT2D eigenvalue weighted by Gasteiger charge is 2.21. The fourth-order valence-corrected chi connectivity index (χ4v) is 2.99. The number of amides is 1. The van der Waals surface area contributed by atoms with Crippen molar-refractivity contribution in [2.24, 2.45) is 0 Å². The molecule has 2 N–H and O–H groups in total. The molecule has 106 valence electrons. The first-order chi connectivity index (χ1) is 9.72. The summed E-state index contributed by atoms with van der Waals surface area (Å²) in [6.07, 6.45) is 1.79. The lowest BCUT2D eigenvalue weighted by Gasteiger charge is -2.31. The van der Waals surface area contributed by atoms with Crippen molar-refractivity contribution in [2.45, 2.75) is 19.4 Å². The quantitative estimate of drug-likeness (QED) is 0.849. The van der Waals surface area contributed by atoms with E-state index < -0.39 is 0 Å². The molecule has 1 aliphatic rings. The number of nitrogens with zero attached hydrogens (tertiary/aromatic N) is 4. The van der Waals surface area contributed by atoms with Crippen LogP contribution in [0.2, 0.25) is 0 Å². The Kier molecular flexibility index (Phi) is 3.75. The number of piperazine rings is 1. The zero-order valence-electron chi connectivity index (χ0n) is 11.2. The standard InChI is InChI=1S/C12H16N6OS/c1-8-5-18(3-2-13-8)10(19)4-9-6-20-12(16-9)11-14-7-15-17-11/h6-8,13H,2-5H2,1H3,(H,14,15,17)/t8-/m1/s1. The molecule has 7 nitrogen and oxygen atoms in total. The number of carbonyl (C=O) groups excluding carboxylic acids is 1. The van der Waals surface area contributed by atoms with Crippen molar-refractivity contribution in [3.05, 3.63) is 17.4 Å². The third-order valence-corrected chi connectivity index (χ3v) is 4.12. The summed E-state index contributed by atoms with van der Waals surface area (Å²) in [6, 6.07) is 0.355. The lowest BCUT2D eigenvalue weighted by Crippen LogP contribution is -2.51. The van der Waals surface area contributed by atoms with E-state index in [2.05, 4.69) is 32.4 Å². The first-order valence-corrected chi connectivity index (χ1v) is 7.41. The van der Waals surface area contributed by atoms with Gasteiger partial charge in [-0.1, -0.05) is 0 Å². The van der Waals surface area contributed by atoms with Crippen LogP contribution in [0.1, 0.15) is 12.6 Å². The van der Waals surface area contributed by atoms with Gasteiger partial charge in [0.25, 0.3) is 0 Å². The van der Waals surface area contributed by atoms with Gasteiger partial charge in [-0.05, 0) is 6.92 Å². The van der Waals surface area contributed by atoms with Crippen LogP contribution in [0.5, 0.6) is 0 Å². The molecule has 0 saturated carbocycles. The number of hydrogen-bond donors (Lipinski definition) is 2. The SMILES string of the molecule is C[C@@H]1CN(C(=O)Cc2csc(-c3ncn[nH]3)n2)CCN1. The molecule has 1 saturated heterocycles. The average Bonchev–Trinajstić information content (AvgIpc) is 3.08. The molecule has 2 aromatic heterocycles. The van der Waals surface area contributed by atoms with Gasteiger partial charge in [-0.25, -0.2) is 9.97 Å². The summed E-state index contributed by atoms with van der Waals surface area (Å²) in [5, 5.41) is 12.6. The van der Waals surface area contributed by atoms with E-state index in [0.717, 1.165) is 30.3 Å². The number of rotatable bonds is 3. The van der Waals surface area contributed by atoms with Gasteiger partial charge in [0.2, 0.25) is 5.91 Å². The van der Waals surface area contributed by atoms with Gasteiger partial charge in [-0.15, -0.1) is 11.3 Å². The average molecular weight is 292 g/mol. The van der Waals surface area contributed by atoms with E-state index in [1.54, 1.807) is 0 Å². The first kappa shape index (κ1) is 13.2. The van der Waals surface area contributed by atoms with Gasteiger partial charge in [0.1, 0.15) is 6.33 Å². The third kappa shape index (κ3) is 2.86. The molecular formula is C12H16N6OS. The van der Waals surface area contributed by atoms with Crippen molar-refractivity contribution in [3.63, 3.8) is 0 Å². The van der Waals surface area contributed by atoms with E-state index in [4.69, 9.17) is 0 Å². The third-order valence-electron chi connectivity index (χ3n) is 3.22. The van der Waals surface area contributed by atoms with Gasteiger partial charge in [0, 0.05) is 31.1 Å². The zero-order valence-corrected chi connectivity index (χ0v) is 12.0. The number of thiazole rings is 1. The van der Waals surface area contributed by atoms with Gasteiger partial charge < -0.3 is 10.2 Å². The molecule has 0 radical (unpaired) electrons. The lowest BCUT2D eigenvalue weighted by atomic mass is 10.2. The Morgan fingerprint density at radius 1 is 1.60 bits per heavy atom. The molecule has 0 aromatic carbocycles. The maximum Gasteiger partial charge on any atom is 0.228 e. The second kappa shape index (κ2) is 5.68. The van der Waals surface area contributed by atoms with Gasteiger partial charge in [-0.3, -0.25) is 9.89 Å². The second-order valence-electron chi connectivity index (χ2n) is 4.85. The minimum atomic E-state index is 0.132. The molecule has 0 spiro atoms. The molecule has 2 aromatic rings. The van der Waals surface area contributed by atoms with Crippen molar-refractivity contribution >= 4 is 17.2 Å². The molecule has 8 heteroatoms. The summed E-state index contributed by atoms with van der Waals surface area (Å²) < 4.78 is 0. The van der Waals surface area contributed by atoms with E-state index in [9.17, 15) is 4.79 Å². The number of aromatic amines is 1. The van der Waals surface area contributed by atoms with Crippen molar-refractivity contribution in [3.8, 4) is 10.8 Å². The normalized spacial score (nSPS) is 19.2. The molecule has 1 amide bonds. The monoisotopic (exact) mass is 292 g/mol. The Hall–Kier alpha value is -1.80. The number of hydrogen-bond acceptors (Lipinski definition) is 6. The molecule has 0 unspecified atom stereocenters. The van der Waals surface area contributed by atoms with Gasteiger partial charge in [0.05, 0.1) is 12.1 Å². The van der Waals surface area contributed by atoms with Crippen LogP contribution in [0.25, 0.3) is 10.8 Å². The maximum absolute atomic E-state index is 12.2. The first-order valence-electron chi connectivity index (χ1n) is 6.53. The van der Waals surface area contributed by atoms with Crippen LogP contribution in [0.3, 0.4) is 0 Å². The van der Waals surface area contributed by atoms with E-state index in [1.165, 1.54) is 17.7 Å². The van der Waals surface area contributed by atoms with Crippen molar-refractivity contribution < 1.29 is 4.79 Å². The van der Waals surface area contributed by atoms with Crippen molar-refractivity contribution in [2.75, 3.05) is 19.6 Å². The number of nitrogens with one attached hydrogen (secondary N) is 2. The minimum Gasteiger partial charge on any atom is -0.340 e. The Bertz CT molecular complexity index is 581. The van der Waals surface area contributed by atoms with Crippen LogP contribution < -0.4 is 5.32 Å². The predicted molar refractivity (Wildman–Crippen MR) is 75.2 cm³/mol. The molecule has 1 aliphatic heterocycles. The fourth-order valence-electron chi connectivity index (χ4n) is 2.23. The summed E-state index contributed by atoms with van der Waals surface area (Å²) >= 11 is 1.47. The van der Waals surface area contributed by atoms with Crippen LogP contribution in [-0.2, 0) is 11.2 Å². The summed E-state index contributed by atoms with van der Waals surface area (Å²) in [5.74, 6) is 0.775. The highest BCUT2D eigenvalue weighted by molar-refractivity contribution is 7.13. The second-order valence-corrected chi connectivity index (χ2v) is 5.71. The summed E-state index contributed by atoms with van der Waals surface area (Å²) in [4.78, 5) is 22.6. The highest BCUT2D eigenvalue weighted by Crippen LogP contribution is 2.20. The zero-order chi connectivity index (χ0) is 13.9. The van der Waals surface area contributed by atoms with E-state index in [1.807, 2.05) is 10.3 Å². The number of aromatic nitrogens is 4. The van der Waals surface area contributed by atoms with Crippen molar-refractivity contribution in [1.29, 1.82) is 0 Å². The van der Waals surface area contributed by atoms with Crippen LogP contribution >= 0.6 is 11.3 Å². The van der Waals surface area contributed by atoms with Gasteiger partial charge in [-0.2, -0.15) is 5.10 Å². The number of H-pyrrole nitrogens is 1. The molecule has 0 bridgehead atoms. The van der Waals surface area contributed by atoms with E-state index in [0.29, 0.717) is 18.3 Å². The van der Waals surface area contributed by atoms with Crippen LogP contribution in [0.15, 0.2) is 11.7 Å². The minimum absolute atomic E-state index is 0.132. The Labute approximate surface area is 120 Å². The highest BCUT2D eigenvalue weighted by atomic mass is 32.1. The van der Waals surface area contributed by atoms with E-state index in [-0.39, 0.29) is 5.91 Å². The summed E-state index contributed by atoms with van der Waals surface area (Å²) in [5.41, 5.74) is 0.789. The lowest BCUT2D eigenvalue weighted by molar-refractivity contribution is -0.131. The molecule has 1 atom stereocenters. The smallest absolute Gasteiger partial charge is 0.228 e. The van der Waals surface area contributed by atoms with Gasteiger partial charge in [0.15, 0.2) is 10.8 Å². The Morgan fingerprint density at radius 3 is 3.25 bits per heavy atom. The fraction of sp³-hybridized carbons (Fsp3) is 0.500. The molecule has 3 heterocycles. The van der Waals surface area contributed by atoms with Crippen LogP contribution in [0, 0.1) is 0 Å². The molecule has 3 rings (SSSR count). The predicted octanol–water partition coefficient (Wildman–Crippen LogP) is 0.291. The molecular weight excluding hydrogens is 276 g/mol. The molecule has 1 fully saturated rings. The Balaban J connectivity index is 1.64. The van der Waals surface area contributed by atoms with Gasteiger partial charge >= 0.3 is 0 Å². The van der Waals surface area contributed by atoms with Crippen molar-refractivity contribution in [1.82, 2.24) is 30.4 Å². The Morgan fingerprint density at radius 2 is 2.50 bits per heavy atom. The van der Waals surface area contributed by atoms with Crippen LogP contribution in [-0.4, -0.2) is 56.6 Å². The number of carbonyl (C=O) groups is 1. The molecule has 0 aliphatic carbocycles. The topological polar surface area (TPSA) is 86.8 Å². The maximum atomic E-state index is 12.2. The summed E-state index contributed by atoms with van der Waals surface area (Å²) in [7, 11) is 0.